The molecular formula is C19H10ClF6NO3. The quantitative estimate of drug-likeness (QED) is 0.447. The molecule has 0 spiro atoms. The number of carbonyl (C=O) groups is 1. The van der Waals surface area contributed by atoms with Crippen LogP contribution in [-0.4, -0.2) is 12.3 Å². The van der Waals surface area contributed by atoms with Gasteiger partial charge in [-0.05, 0) is 54.6 Å². The number of ether oxygens (including phenoxy) is 1. The zero-order chi connectivity index (χ0) is 22.1. The molecule has 0 fully saturated rings. The maximum atomic E-state index is 13.3. The number of furan rings is 1. The van der Waals surface area contributed by atoms with E-state index in [1.807, 2.05) is 0 Å². The smallest absolute Gasteiger partial charge is 0.451 e. The number of carbonyl (C=O) groups excluding carboxylic acids is 1. The normalized spacial score (nSPS) is 12.0. The Bertz CT molecular complexity index is 1040. The summed E-state index contributed by atoms with van der Waals surface area (Å²) in [5, 5.41) is 2.54. The van der Waals surface area contributed by atoms with Crippen molar-refractivity contribution < 1.29 is 40.3 Å². The SMILES string of the molecule is O=C(Nc1ccc(OC(F)(F)F)cc1)c1cc(-c2ccc(Cl)cc2)oc1C(F)(F)F. The third-order valence-electron chi connectivity index (χ3n) is 3.71. The van der Waals surface area contributed by atoms with E-state index in [1.54, 1.807) is 0 Å². The lowest BCUT2D eigenvalue weighted by Gasteiger charge is -2.10. The van der Waals surface area contributed by atoms with Crippen LogP contribution in [-0.2, 0) is 6.18 Å². The molecule has 3 aromatic rings. The van der Waals surface area contributed by atoms with Crippen LogP contribution in [0.25, 0.3) is 11.3 Å². The fourth-order valence-electron chi connectivity index (χ4n) is 2.47. The molecule has 0 radical (unpaired) electrons. The van der Waals surface area contributed by atoms with Crippen molar-refractivity contribution in [1.29, 1.82) is 0 Å². The third kappa shape index (κ3) is 5.26. The topological polar surface area (TPSA) is 51.5 Å². The van der Waals surface area contributed by atoms with E-state index in [1.165, 1.54) is 24.3 Å². The van der Waals surface area contributed by atoms with Crippen molar-refractivity contribution in [1.82, 2.24) is 0 Å². The van der Waals surface area contributed by atoms with Gasteiger partial charge in [-0.1, -0.05) is 11.6 Å². The molecule has 1 N–H and O–H groups in total. The Hall–Kier alpha value is -3.14. The van der Waals surface area contributed by atoms with Gasteiger partial charge >= 0.3 is 12.5 Å². The highest BCUT2D eigenvalue weighted by atomic mass is 35.5. The van der Waals surface area contributed by atoms with Crippen molar-refractivity contribution in [3.63, 3.8) is 0 Å². The van der Waals surface area contributed by atoms with E-state index in [9.17, 15) is 31.1 Å². The van der Waals surface area contributed by atoms with Gasteiger partial charge in [0.15, 0.2) is 0 Å². The molecule has 0 aliphatic heterocycles. The average Bonchev–Trinajstić information content (AvgIpc) is 3.09. The lowest BCUT2D eigenvalue weighted by atomic mass is 10.1. The summed E-state index contributed by atoms with van der Waals surface area (Å²) in [6.07, 6.45) is -9.86. The van der Waals surface area contributed by atoms with Crippen molar-refractivity contribution in [3.8, 4) is 17.1 Å². The Kier molecular flexibility index (Phi) is 5.71. The van der Waals surface area contributed by atoms with Gasteiger partial charge in [-0.15, -0.1) is 13.2 Å². The van der Waals surface area contributed by atoms with Gasteiger partial charge in [0, 0.05) is 16.3 Å². The summed E-state index contributed by atoms with van der Waals surface area (Å²) in [6.45, 7) is 0. The van der Waals surface area contributed by atoms with Crippen molar-refractivity contribution in [2.45, 2.75) is 12.5 Å². The van der Waals surface area contributed by atoms with Gasteiger partial charge in [-0.3, -0.25) is 4.79 Å². The lowest BCUT2D eigenvalue weighted by molar-refractivity contribution is -0.274. The number of nitrogens with one attached hydrogen (secondary N) is 1. The molecule has 0 atom stereocenters. The summed E-state index contributed by atoms with van der Waals surface area (Å²) < 4.78 is 85.1. The summed E-state index contributed by atoms with van der Waals surface area (Å²) in [7, 11) is 0. The zero-order valence-electron chi connectivity index (χ0n) is 14.6. The summed E-state index contributed by atoms with van der Waals surface area (Å²) in [5.41, 5.74) is -0.572. The standard InChI is InChI=1S/C19H10ClF6NO3/c20-11-3-1-10(2-4-11)15-9-14(16(29-15)18(21,22)23)17(28)27-12-5-7-13(8-6-12)30-19(24,25)26/h1-9H,(H,27,28). The van der Waals surface area contributed by atoms with Gasteiger partial charge in [0.25, 0.3) is 5.91 Å². The average molecular weight is 450 g/mol. The predicted octanol–water partition coefficient (Wildman–Crippen LogP) is 6.77. The van der Waals surface area contributed by atoms with Crippen LogP contribution in [0, 0.1) is 0 Å². The Morgan fingerprint density at radius 2 is 1.53 bits per heavy atom. The van der Waals surface area contributed by atoms with Crippen LogP contribution in [0.15, 0.2) is 59.0 Å². The number of amides is 1. The van der Waals surface area contributed by atoms with Crippen LogP contribution < -0.4 is 10.1 Å². The first-order chi connectivity index (χ1) is 13.9. The van der Waals surface area contributed by atoms with Gasteiger partial charge < -0.3 is 14.5 Å². The Morgan fingerprint density at radius 1 is 0.933 bits per heavy atom. The monoisotopic (exact) mass is 449 g/mol. The number of alkyl halides is 6. The first-order valence-corrected chi connectivity index (χ1v) is 8.44. The maximum absolute atomic E-state index is 13.3. The lowest BCUT2D eigenvalue weighted by Crippen LogP contribution is -2.18. The molecule has 0 aliphatic carbocycles. The van der Waals surface area contributed by atoms with E-state index < -0.39 is 35.5 Å². The summed E-state index contributed by atoms with van der Waals surface area (Å²) in [6, 6.07) is 10.5. The molecule has 1 heterocycles. The summed E-state index contributed by atoms with van der Waals surface area (Å²) >= 11 is 5.75. The van der Waals surface area contributed by atoms with Crippen molar-refractivity contribution in [2.75, 3.05) is 5.32 Å². The fraction of sp³-hybridized carbons (Fsp3) is 0.105. The third-order valence-corrected chi connectivity index (χ3v) is 3.96. The second-order valence-electron chi connectivity index (χ2n) is 5.88. The molecular weight excluding hydrogens is 440 g/mol. The molecule has 30 heavy (non-hydrogen) atoms. The van der Waals surface area contributed by atoms with Gasteiger partial charge in [0.05, 0.1) is 5.56 Å². The number of halogens is 7. The minimum absolute atomic E-state index is 0.0445. The number of anilines is 1. The molecule has 2 aromatic carbocycles. The van der Waals surface area contributed by atoms with Gasteiger partial charge in [0.2, 0.25) is 5.76 Å². The van der Waals surface area contributed by atoms with Crippen LogP contribution in [0.2, 0.25) is 5.02 Å². The van der Waals surface area contributed by atoms with E-state index in [0.717, 1.165) is 30.3 Å². The van der Waals surface area contributed by atoms with Crippen LogP contribution in [0.3, 0.4) is 0 Å². The Balaban J connectivity index is 1.86. The molecule has 158 valence electrons. The number of benzene rings is 2. The molecule has 4 nitrogen and oxygen atoms in total. The Morgan fingerprint density at radius 3 is 2.07 bits per heavy atom. The molecule has 3 rings (SSSR count). The molecule has 1 amide bonds. The fourth-order valence-corrected chi connectivity index (χ4v) is 2.59. The molecule has 0 saturated carbocycles. The molecule has 0 bridgehead atoms. The van der Waals surface area contributed by atoms with Crippen molar-refractivity contribution in [2.24, 2.45) is 0 Å². The first kappa shape index (κ1) is 21.6. The second kappa shape index (κ2) is 7.94. The minimum atomic E-state index is -4.96. The summed E-state index contributed by atoms with van der Waals surface area (Å²) in [4.78, 5) is 12.4. The number of hydrogen-bond acceptors (Lipinski definition) is 3. The predicted molar refractivity (Wildman–Crippen MR) is 95.2 cm³/mol. The summed E-state index contributed by atoms with van der Waals surface area (Å²) in [5.74, 6) is -3.43. The largest absolute Gasteiger partial charge is 0.573 e. The van der Waals surface area contributed by atoms with Crippen LogP contribution in [0.5, 0.6) is 5.75 Å². The highest BCUT2D eigenvalue weighted by molar-refractivity contribution is 6.30. The highest BCUT2D eigenvalue weighted by Crippen LogP contribution is 2.38. The van der Waals surface area contributed by atoms with E-state index in [4.69, 9.17) is 16.0 Å². The highest BCUT2D eigenvalue weighted by Gasteiger charge is 2.40. The molecule has 11 heteroatoms. The Labute approximate surface area is 170 Å². The van der Waals surface area contributed by atoms with E-state index in [0.29, 0.717) is 5.02 Å². The van der Waals surface area contributed by atoms with Crippen LogP contribution in [0.4, 0.5) is 32.0 Å². The number of rotatable bonds is 4. The van der Waals surface area contributed by atoms with Gasteiger partial charge in [-0.25, -0.2) is 0 Å². The first-order valence-electron chi connectivity index (χ1n) is 8.06. The van der Waals surface area contributed by atoms with E-state index >= 15 is 0 Å². The van der Waals surface area contributed by atoms with Crippen LogP contribution >= 0.6 is 11.6 Å². The second-order valence-corrected chi connectivity index (χ2v) is 6.32. The zero-order valence-corrected chi connectivity index (χ0v) is 15.3. The maximum Gasteiger partial charge on any atom is 0.573 e. The van der Waals surface area contributed by atoms with Crippen molar-refractivity contribution in [3.05, 3.63) is 70.9 Å². The van der Waals surface area contributed by atoms with Gasteiger partial charge in [0.1, 0.15) is 11.5 Å². The van der Waals surface area contributed by atoms with Gasteiger partial charge in [-0.2, -0.15) is 13.2 Å². The van der Waals surface area contributed by atoms with Crippen LogP contribution in [0.1, 0.15) is 16.1 Å². The van der Waals surface area contributed by atoms with E-state index in [2.05, 4.69) is 10.1 Å². The minimum Gasteiger partial charge on any atom is -0.451 e. The van der Waals surface area contributed by atoms with Crippen molar-refractivity contribution >= 4 is 23.2 Å². The van der Waals surface area contributed by atoms with E-state index in [-0.39, 0.29) is 17.0 Å². The molecule has 0 unspecified atom stereocenters. The molecule has 0 aliphatic rings. The molecule has 0 saturated heterocycles. The molecule has 1 aromatic heterocycles. The number of hydrogen-bond donors (Lipinski definition) is 1.